The van der Waals surface area contributed by atoms with Crippen LogP contribution in [-0.2, 0) is 6.54 Å². The highest BCUT2D eigenvalue weighted by Crippen LogP contribution is 2.13. The first kappa shape index (κ1) is 18.4. The van der Waals surface area contributed by atoms with E-state index in [1.807, 2.05) is 36.7 Å². The summed E-state index contributed by atoms with van der Waals surface area (Å²) in [7, 11) is 1.59. The summed E-state index contributed by atoms with van der Waals surface area (Å²) in [5.74, 6) is 0.424. The summed E-state index contributed by atoms with van der Waals surface area (Å²) in [6.07, 6.45) is 1.64. The summed E-state index contributed by atoms with van der Waals surface area (Å²) in [6, 6.07) is 17.0. The zero-order chi connectivity index (χ0) is 19.2. The number of aryl methyl sites for hydroxylation is 1. The fourth-order valence-corrected chi connectivity index (χ4v) is 2.77. The summed E-state index contributed by atoms with van der Waals surface area (Å²) in [5.41, 5.74) is 7.02. The molecule has 0 spiro atoms. The molecule has 1 aromatic heterocycles. The fourth-order valence-electron chi connectivity index (χ4n) is 2.77. The predicted molar refractivity (Wildman–Crippen MR) is 105 cm³/mol. The minimum atomic E-state index is -0.277. The van der Waals surface area contributed by atoms with Crippen LogP contribution in [0.15, 0.2) is 59.7 Å². The lowest BCUT2D eigenvalue weighted by molar-refractivity contribution is 0.0955. The van der Waals surface area contributed by atoms with Gasteiger partial charge in [0.25, 0.3) is 5.91 Å². The molecule has 0 saturated heterocycles. The van der Waals surface area contributed by atoms with Gasteiger partial charge in [-0.2, -0.15) is 10.2 Å². The second-order valence-electron chi connectivity index (χ2n) is 6.16. The Morgan fingerprint density at radius 2 is 1.85 bits per heavy atom. The maximum absolute atomic E-state index is 12.2. The third kappa shape index (κ3) is 4.41. The molecule has 3 rings (SSSR count). The molecule has 1 heterocycles. The third-order valence-electron chi connectivity index (χ3n) is 4.32. The molecule has 6 heteroatoms. The van der Waals surface area contributed by atoms with Crippen LogP contribution in [0.2, 0.25) is 0 Å². The van der Waals surface area contributed by atoms with Gasteiger partial charge in [-0.3, -0.25) is 9.48 Å². The first-order valence-corrected chi connectivity index (χ1v) is 8.64. The van der Waals surface area contributed by atoms with Gasteiger partial charge in [0.1, 0.15) is 5.75 Å². The van der Waals surface area contributed by atoms with Crippen molar-refractivity contribution in [2.24, 2.45) is 5.10 Å². The van der Waals surface area contributed by atoms with Crippen LogP contribution in [-0.4, -0.2) is 29.0 Å². The lowest BCUT2D eigenvalue weighted by atomic mass is 10.2. The van der Waals surface area contributed by atoms with Gasteiger partial charge in [0.05, 0.1) is 25.6 Å². The highest BCUT2D eigenvalue weighted by Gasteiger charge is 2.10. The number of benzene rings is 2. The number of methoxy groups -OCH3 is 1. The molecule has 6 nitrogen and oxygen atoms in total. The number of nitrogens with zero attached hydrogens (tertiary/aromatic N) is 3. The van der Waals surface area contributed by atoms with Crippen LogP contribution < -0.4 is 10.2 Å². The molecule has 0 aliphatic carbocycles. The summed E-state index contributed by atoms with van der Waals surface area (Å²) in [6.45, 7) is 4.62. The molecule has 0 aliphatic heterocycles. The van der Waals surface area contributed by atoms with Gasteiger partial charge < -0.3 is 4.74 Å². The molecule has 0 bridgehead atoms. The number of aromatic nitrogens is 2. The van der Waals surface area contributed by atoms with Crippen molar-refractivity contribution in [1.29, 1.82) is 0 Å². The smallest absolute Gasteiger partial charge is 0.271 e. The van der Waals surface area contributed by atoms with E-state index in [9.17, 15) is 4.79 Å². The Morgan fingerprint density at radius 3 is 2.52 bits per heavy atom. The molecule has 1 amide bonds. The zero-order valence-electron chi connectivity index (χ0n) is 15.6. The standard InChI is InChI=1S/C21H22N4O2/c1-15-20(16(2)25(24-15)14-17-7-5-4-6-8-17)13-22-23-21(26)18-9-11-19(27-3)12-10-18/h4-13H,14H2,1-3H3,(H,23,26)/b22-13-. The van der Waals surface area contributed by atoms with E-state index in [2.05, 4.69) is 27.8 Å². The number of carbonyl (C=O) groups excluding carboxylic acids is 1. The average Bonchev–Trinajstić information content (AvgIpc) is 2.96. The number of nitrogens with one attached hydrogen (secondary N) is 1. The third-order valence-corrected chi connectivity index (χ3v) is 4.32. The van der Waals surface area contributed by atoms with Crippen LogP contribution in [0.1, 0.15) is 32.9 Å². The van der Waals surface area contributed by atoms with Crippen molar-refractivity contribution < 1.29 is 9.53 Å². The van der Waals surface area contributed by atoms with E-state index in [0.717, 1.165) is 17.0 Å². The minimum absolute atomic E-state index is 0.277. The average molecular weight is 362 g/mol. The summed E-state index contributed by atoms with van der Waals surface area (Å²) in [4.78, 5) is 12.2. The van der Waals surface area contributed by atoms with Crippen molar-refractivity contribution in [2.75, 3.05) is 7.11 Å². The van der Waals surface area contributed by atoms with E-state index < -0.39 is 0 Å². The number of hydrogen-bond donors (Lipinski definition) is 1. The van der Waals surface area contributed by atoms with E-state index in [0.29, 0.717) is 17.9 Å². The topological polar surface area (TPSA) is 68.5 Å². The Morgan fingerprint density at radius 1 is 1.15 bits per heavy atom. The van der Waals surface area contributed by atoms with Crippen molar-refractivity contribution in [3.05, 3.63) is 82.7 Å². The van der Waals surface area contributed by atoms with E-state index in [1.54, 1.807) is 37.6 Å². The Hall–Kier alpha value is -3.41. The zero-order valence-corrected chi connectivity index (χ0v) is 15.6. The Bertz CT molecular complexity index is 944. The lowest BCUT2D eigenvalue weighted by Gasteiger charge is -2.04. The first-order valence-electron chi connectivity index (χ1n) is 8.64. The van der Waals surface area contributed by atoms with Crippen LogP contribution in [0.25, 0.3) is 0 Å². The van der Waals surface area contributed by atoms with E-state index >= 15 is 0 Å². The molecule has 0 fully saturated rings. The van der Waals surface area contributed by atoms with Crippen molar-refractivity contribution in [3.8, 4) is 5.75 Å². The molecular weight excluding hydrogens is 340 g/mol. The molecule has 27 heavy (non-hydrogen) atoms. The van der Waals surface area contributed by atoms with Gasteiger partial charge in [0.2, 0.25) is 0 Å². The highest BCUT2D eigenvalue weighted by atomic mass is 16.5. The van der Waals surface area contributed by atoms with E-state index in [-0.39, 0.29) is 5.91 Å². The van der Waals surface area contributed by atoms with Crippen molar-refractivity contribution >= 4 is 12.1 Å². The Labute approximate surface area is 158 Å². The molecule has 0 aliphatic rings. The number of amides is 1. The van der Waals surface area contributed by atoms with Crippen LogP contribution in [0.3, 0.4) is 0 Å². The minimum Gasteiger partial charge on any atom is -0.497 e. The maximum Gasteiger partial charge on any atom is 0.271 e. The van der Waals surface area contributed by atoms with Gasteiger partial charge in [-0.1, -0.05) is 30.3 Å². The van der Waals surface area contributed by atoms with Crippen molar-refractivity contribution in [3.63, 3.8) is 0 Å². The van der Waals surface area contributed by atoms with E-state index in [4.69, 9.17) is 4.74 Å². The van der Waals surface area contributed by atoms with Crippen LogP contribution in [0.5, 0.6) is 5.75 Å². The van der Waals surface area contributed by atoms with Gasteiger partial charge >= 0.3 is 0 Å². The van der Waals surface area contributed by atoms with Gasteiger partial charge in [0, 0.05) is 16.8 Å². The van der Waals surface area contributed by atoms with Crippen LogP contribution in [0.4, 0.5) is 0 Å². The molecule has 0 saturated carbocycles. The predicted octanol–water partition coefficient (Wildman–Crippen LogP) is 3.32. The van der Waals surface area contributed by atoms with Gasteiger partial charge in [0.15, 0.2) is 0 Å². The van der Waals surface area contributed by atoms with E-state index in [1.165, 1.54) is 5.56 Å². The summed E-state index contributed by atoms with van der Waals surface area (Å²) in [5, 5.41) is 8.67. The molecular formula is C21H22N4O2. The van der Waals surface area contributed by atoms with Gasteiger partial charge in [-0.05, 0) is 43.7 Å². The summed E-state index contributed by atoms with van der Waals surface area (Å²) >= 11 is 0. The number of rotatable bonds is 6. The number of ether oxygens (including phenoxy) is 1. The Balaban J connectivity index is 1.68. The molecule has 0 unspecified atom stereocenters. The van der Waals surface area contributed by atoms with Crippen LogP contribution >= 0.6 is 0 Å². The largest absolute Gasteiger partial charge is 0.497 e. The van der Waals surface area contributed by atoms with Crippen molar-refractivity contribution in [1.82, 2.24) is 15.2 Å². The van der Waals surface area contributed by atoms with Gasteiger partial charge in [-0.15, -0.1) is 0 Å². The number of hydrazone groups is 1. The second kappa shape index (κ2) is 8.31. The molecule has 138 valence electrons. The second-order valence-corrected chi connectivity index (χ2v) is 6.16. The highest BCUT2D eigenvalue weighted by molar-refractivity contribution is 5.95. The van der Waals surface area contributed by atoms with Crippen molar-refractivity contribution in [2.45, 2.75) is 20.4 Å². The first-order chi connectivity index (χ1) is 13.1. The van der Waals surface area contributed by atoms with Crippen LogP contribution in [0, 0.1) is 13.8 Å². The molecule has 0 atom stereocenters. The number of hydrogen-bond acceptors (Lipinski definition) is 4. The fraction of sp³-hybridized carbons (Fsp3) is 0.190. The molecule has 3 aromatic rings. The SMILES string of the molecule is COc1ccc(C(=O)N/N=C\c2c(C)nn(Cc3ccccc3)c2C)cc1. The normalized spacial score (nSPS) is 10.9. The number of carbonyl (C=O) groups is 1. The lowest BCUT2D eigenvalue weighted by Crippen LogP contribution is -2.17. The molecule has 2 aromatic carbocycles. The van der Waals surface area contributed by atoms with Gasteiger partial charge in [-0.25, -0.2) is 5.43 Å². The Kier molecular flexibility index (Phi) is 5.66. The molecule has 0 radical (unpaired) electrons. The summed E-state index contributed by atoms with van der Waals surface area (Å²) < 4.78 is 7.03. The monoisotopic (exact) mass is 362 g/mol. The maximum atomic E-state index is 12.2. The quantitative estimate of drug-likeness (QED) is 0.540. The molecule has 1 N–H and O–H groups in total.